The second-order valence-corrected chi connectivity index (χ2v) is 7.07. The zero-order valence-electron chi connectivity index (χ0n) is 16.6. The molecule has 9 heteroatoms. The molecule has 1 aromatic rings. The van der Waals surface area contributed by atoms with E-state index >= 15 is 0 Å². The van der Waals surface area contributed by atoms with E-state index in [1.165, 1.54) is 0 Å². The van der Waals surface area contributed by atoms with E-state index in [2.05, 4.69) is 15.6 Å². The Bertz CT molecular complexity index is 795. The number of guanidine groups is 1. The molecule has 0 aliphatic carbocycles. The number of ether oxygens (including phenoxy) is 1. The van der Waals surface area contributed by atoms with Crippen molar-refractivity contribution >= 4 is 23.5 Å². The molecule has 0 aromatic heterocycles. The first kappa shape index (κ1) is 20.5. The summed E-state index contributed by atoms with van der Waals surface area (Å²) in [6.45, 7) is 2.18. The van der Waals surface area contributed by atoms with Gasteiger partial charge in [-0.1, -0.05) is 0 Å². The lowest BCUT2D eigenvalue weighted by molar-refractivity contribution is -0.142. The first-order chi connectivity index (χ1) is 14.1. The molecule has 0 saturated carbocycles. The maximum Gasteiger partial charge on any atom is 0.247 e. The Morgan fingerprint density at radius 3 is 2.62 bits per heavy atom. The van der Waals surface area contributed by atoms with E-state index < -0.39 is 6.04 Å². The quantitative estimate of drug-likeness (QED) is 0.333. The normalized spacial score (nSPS) is 19.7. The van der Waals surface area contributed by atoms with Crippen LogP contribution in [0.5, 0.6) is 5.75 Å². The first-order valence-corrected chi connectivity index (χ1v) is 9.81. The number of hydrogen-bond acceptors (Lipinski definition) is 5. The molecule has 2 aliphatic heterocycles. The molecule has 1 atom stereocenters. The van der Waals surface area contributed by atoms with Crippen molar-refractivity contribution < 1.29 is 14.3 Å². The molecule has 2 saturated heterocycles. The number of aliphatic imine (C=N–C) groups is 1. The SMILES string of the molecule is COc1ccc(NC(=NC2CCCN(CC(=O)N3CCCC3)C2=O)NC#N)cc1. The van der Waals surface area contributed by atoms with Crippen LogP contribution in [0.3, 0.4) is 0 Å². The van der Waals surface area contributed by atoms with E-state index in [-0.39, 0.29) is 24.3 Å². The largest absolute Gasteiger partial charge is 0.497 e. The van der Waals surface area contributed by atoms with Crippen LogP contribution in [0.4, 0.5) is 5.69 Å². The van der Waals surface area contributed by atoms with Crippen molar-refractivity contribution in [3.8, 4) is 11.9 Å². The highest BCUT2D eigenvalue weighted by Crippen LogP contribution is 2.18. The zero-order chi connectivity index (χ0) is 20.6. The number of hydrogen-bond donors (Lipinski definition) is 2. The van der Waals surface area contributed by atoms with Crippen LogP contribution >= 0.6 is 0 Å². The molecule has 1 unspecified atom stereocenters. The van der Waals surface area contributed by atoms with Crippen molar-refractivity contribution in [2.75, 3.05) is 38.6 Å². The fourth-order valence-electron chi connectivity index (χ4n) is 3.54. The molecule has 0 spiro atoms. The second kappa shape index (κ2) is 9.78. The molecule has 1 aromatic carbocycles. The number of amides is 2. The molecule has 3 rings (SSSR count). The number of carbonyl (C=O) groups excluding carboxylic acids is 2. The van der Waals surface area contributed by atoms with Crippen molar-refractivity contribution in [1.82, 2.24) is 15.1 Å². The summed E-state index contributed by atoms with van der Waals surface area (Å²) >= 11 is 0. The Hall–Kier alpha value is -3.28. The topological polar surface area (TPSA) is 110 Å². The molecule has 2 aliphatic rings. The molecule has 2 amide bonds. The first-order valence-electron chi connectivity index (χ1n) is 9.81. The summed E-state index contributed by atoms with van der Waals surface area (Å²) < 4.78 is 5.13. The Kier molecular flexibility index (Phi) is 6.89. The van der Waals surface area contributed by atoms with Gasteiger partial charge in [-0.25, -0.2) is 4.99 Å². The van der Waals surface area contributed by atoms with Gasteiger partial charge in [-0.05, 0) is 49.9 Å². The number of methoxy groups -OCH3 is 1. The molecule has 2 N–H and O–H groups in total. The number of likely N-dealkylation sites (tertiary alicyclic amines) is 2. The van der Waals surface area contributed by atoms with Gasteiger partial charge in [-0.2, -0.15) is 5.26 Å². The van der Waals surface area contributed by atoms with Gasteiger partial charge in [0.05, 0.1) is 13.7 Å². The van der Waals surface area contributed by atoms with Gasteiger partial charge in [0.2, 0.25) is 17.8 Å². The van der Waals surface area contributed by atoms with Crippen molar-refractivity contribution in [1.29, 1.82) is 5.26 Å². The van der Waals surface area contributed by atoms with Crippen LogP contribution in [-0.2, 0) is 9.59 Å². The molecular weight excluding hydrogens is 372 g/mol. The molecular formula is C20H26N6O3. The Morgan fingerprint density at radius 2 is 1.97 bits per heavy atom. The van der Waals surface area contributed by atoms with Crippen molar-refractivity contribution in [2.45, 2.75) is 31.7 Å². The second-order valence-electron chi connectivity index (χ2n) is 7.07. The van der Waals surface area contributed by atoms with Crippen LogP contribution in [0.2, 0.25) is 0 Å². The number of piperidine rings is 1. The van der Waals surface area contributed by atoms with Crippen LogP contribution in [0, 0.1) is 11.5 Å². The highest BCUT2D eigenvalue weighted by atomic mass is 16.5. The van der Waals surface area contributed by atoms with Crippen LogP contribution in [0.15, 0.2) is 29.3 Å². The number of carbonyl (C=O) groups is 2. The summed E-state index contributed by atoms with van der Waals surface area (Å²) in [5, 5.41) is 14.5. The minimum absolute atomic E-state index is 0.00721. The predicted molar refractivity (Wildman–Crippen MR) is 108 cm³/mol. The van der Waals surface area contributed by atoms with Crippen molar-refractivity contribution in [3.05, 3.63) is 24.3 Å². The monoisotopic (exact) mass is 398 g/mol. The lowest BCUT2D eigenvalue weighted by atomic mass is 10.1. The third-order valence-electron chi connectivity index (χ3n) is 5.10. The third-order valence-corrected chi connectivity index (χ3v) is 5.10. The fraction of sp³-hybridized carbons (Fsp3) is 0.500. The highest BCUT2D eigenvalue weighted by molar-refractivity contribution is 5.97. The van der Waals surface area contributed by atoms with E-state index in [4.69, 9.17) is 10.00 Å². The maximum atomic E-state index is 12.8. The predicted octanol–water partition coefficient (Wildman–Crippen LogP) is 1.15. The molecule has 2 fully saturated rings. The van der Waals surface area contributed by atoms with E-state index in [1.54, 1.807) is 36.3 Å². The van der Waals surface area contributed by atoms with Gasteiger partial charge in [0.1, 0.15) is 11.8 Å². The maximum absolute atomic E-state index is 12.8. The number of nitrogens with one attached hydrogen (secondary N) is 2. The van der Waals surface area contributed by atoms with Gasteiger partial charge < -0.3 is 19.9 Å². The Balaban J connectivity index is 1.66. The van der Waals surface area contributed by atoms with Crippen LogP contribution < -0.4 is 15.4 Å². The number of nitrogens with zero attached hydrogens (tertiary/aromatic N) is 4. The smallest absolute Gasteiger partial charge is 0.247 e. The highest BCUT2D eigenvalue weighted by Gasteiger charge is 2.31. The number of benzene rings is 1. The van der Waals surface area contributed by atoms with Gasteiger partial charge in [-0.15, -0.1) is 0 Å². The van der Waals surface area contributed by atoms with Crippen molar-refractivity contribution in [2.24, 2.45) is 4.99 Å². The number of rotatable bonds is 5. The Morgan fingerprint density at radius 1 is 1.24 bits per heavy atom. The average Bonchev–Trinajstić information content (AvgIpc) is 3.27. The third kappa shape index (κ3) is 5.38. The molecule has 0 bridgehead atoms. The van der Waals surface area contributed by atoms with Gasteiger partial charge in [0, 0.05) is 25.3 Å². The Labute approximate surface area is 170 Å². The molecule has 0 radical (unpaired) electrons. The summed E-state index contributed by atoms with van der Waals surface area (Å²) in [7, 11) is 1.58. The van der Waals surface area contributed by atoms with Gasteiger partial charge in [-0.3, -0.25) is 14.9 Å². The summed E-state index contributed by atoms with van der Waals surface area (Å²) in [5.74, 6) is 0.719. The molecule has 154 valence electrons. The molecule has 9 nitrogen and oxygen atoms in total. The van der Waals surface area contributed by atoms with Crippen LogP contribution in [0.1, 0.15) is 25.7 Å². The van der Waals surface area contributed by atoms with E-state index in [0.717, 1.165) is 32.4 Å². The standard InChI is InChI=1S/C20H26N6O3/c1-29-16-8-6-15(7-9-16)23-20(22-14-21)24-17-5-4-12-26(19(17)28)13-18(27)25-10-2-3-11-25/h6-9,17H,2-5,10-13H2,1H3,(H2,22,23,24). The minimum atomic E-state index is -0.628. The van der Waals surface area contributed by atoms with Gasteiger partial charge in [0.25, 0.3) is 0 Å². The lowest BCUT2D eigenvalue weighted by Crippen LogP contribution is -2.49. The lowest BCUT2D eigenvalue weighted by Gasteiger charge is -2.31. The van der Waals surface area contributed by atoms with E-state index in [0.29, 0.717) is 24.4 Å². The van der Waals surface area contributed by atoms with Gasteiger partial charge in [0.15, 0.2) is 6.19 Å². The van der Waals surface area contributed by atoms with E-state index in [9.17, 15) is 9.59 Å². The summed E-state index contributed by atoms with van der Waals surface area (Å²) in [6, 6.07) is 6.51. The summed E-state index contributed by atoms with van der Waals surface area (Å²) in [6.07, 6.45) is 5.22. The van der Waals surface area contributed by atoms with Crippen LogP contribution in [0.25, 0.3) is 0 Å². The minimum Gasteiger partial charge on any atom is -0.497 e. The van der Waals surface area contributed by atoms with Crippen molar-refractivity contribution in [3.63, 3.8) is 0 Å². The summed E-state index contributed by atoms with van der Waals surface area (Å²) in [5.41, 5.74) is 0.705. The zero-order valence-corrected chi connectivity index (χ0v) is 16.6. The molecule has 29 heavy (non-hydrogen) atoms. The van der Waals surface area contributed by atoms with Crippen LogP contribution in [-0.4, -0.2) is 66.9 Å². The average molecular weight is 398 g/mol. The fourth-order valence-corrected chi connectivity index (χ4v) is 3.54. The van der Waals surface area contributed by atoms with Gasteiger partial charge >= 0.3 is 0 Å². The van der Waals surface area contributed by atoms with E-state index in [1.807, 2.05) is 11.1 Å². The number of anilines is 1. The number of nitriles is 1. The molecule has 2 heterocycles. The summed E-state index contributed by atoms with van der Waals surface area (Å²) in [4.78, 5) is 33.1.